The molecule has 0 spiro atoms. The molecule has 0 saturated carbocycles. The minimum atomic E-state index is -0.0107. The minimum absolute atomic E-state index is 0.0107. The van der Waals surface area contributed by atoms with Crippen LogP contribution in [0.15, 0.2) is 35.2 Å². The zero-order valence-corrected chi connectivity index (χ0v) is 15.3. The lowest BCUT2D eigenvalue weighted by molar-refractivity contribution is 0.0827. The molecule has 2 aromatic rings. The first-order valence-corrected chi connectivity index (χ1v) is 9.19. The minimum Gasteiger partial charge on any atom is -0.354 e. The second-order valence-electron chi connectivity index (χ2n) is 6.36. The number of aromatic nitrogens is 1. The molecule has 1 aliphatic rings. The molecule has 1 fully saturated rings. The topological polar surface area (TPSA) is 39.7 Å². The van der Waals surface area contributed by atoms with Crippen LogP contribution < -0.4 is 4.90 Å². The van der Waals surface area contributed by atoms with Crippen molar-refractivity contribution < 1.29 is 4.79 Å². The van der Waals surface area contributed by atoms with Crippen LogP contribution in [-0.2, 0) is 0 Å². The summed E-state index contributed by atoms with van der Waals surface area (Å²) < 4.78 is 0. The quantitative estimate of drug-likeness (QED) is 0.855. The van der Waals surface area contributed by atoms with E-state index in [-0.39, 0.29) is 5.91 Å². The lowest BCUT2D eigenvalue weighted by Crippen LogP contribution is -2.47. The Bertz CT molecular complexity index is 661. The maximum Gasteiger partial charge on any atom is 0.254 e. The summed E-state index contributed by atoms with van der Waals surface area (Å²) in [6.07, 6.45) is 1.68. The van der Waals surface area contributed by atoms with Crippen molar-refractivity contribution in [3.8, 4) is 0 Å². The third kappa shape index (κ3) is 3.60. The Labute approximate surface area is 147 Å². The van der Waals surface area contributed by atoms with Gasteiger partial charge in [-0.3, -0.25) is 9.69 Å². The van der Waals surface area contributed by atoms with Gasteiger partial charge in [-0.25, -0.2) is 4.98 Å². The van der Waals surface area contributed by atoms with Gasteiger partial charge < -0.3 is 9.80 Å². The number of carbonyl (C=O) groups is 1. The second-order valence-corrected chi connectivity index (χ2v) is 7.14. The van der Waals surface area contributed by atoms with Gasteiger partial charge in [-0.15, -0.1) is 0 Å². The Morgan fingerprint density at radius 2 is 1.96 bits per heavy atom. The van der Waals surface area contributed by atoms with Crippen molar-refractivity contribution in [2.75, 3.05) is 45.2 Å². The van der Waals surface area contributed by atoms with Crippen LogP contribution in [0.25, 0.3) is 0 Å². The number of pyridine rings is 1. The van der Waals surface area contributed by atoms with Gasteiger partial charge in [0.2, 0.25) is 0 Å². The van der Waals surface area contributed by atoms with E-state index in [1.165, 1.54) is 5.56 Å². The lowest BCUT2D eigenvalue weighted by Gasteiger charge is -2.38. The fourth-order valence-corrected chi connectivity index (χ4v) is 3.77. The summed E-state index contributed by atoms with van der Waals surface area (Å²) >= 11 is 1.76. The molecule has 24 heavy (non-hydrogen) atoms. The number of piperazine rings is 1. The SMILES string of the molecule is CC(c1ccsc1)N1CCN(c2ccc(C(=O)N(C)C)cn2)CC1. The highest BCUT2D eigenvalue weighted by molar-refractivity contribution is 7.07. The summed E-state index contributed by atoms with van der Waals surface area (Å²) in [5, 5.41) is 4.38. The van der Waals surface area contributed by atoms with Crippen molar-refractivity contribution in [2.24, 2.45) is 0 Å². The van der Waals surface area contributed by atoms with Gasteiger partial charge in [0.05, 0.1) is 5.56 Å². The van der Waals surface area contributed by atoms with Gasteiger partial charge in [-0.2, -0.15) is 11.3 Å². The van der Waals surface area contributed by atoms with Gasteiger partial charge in [-0.1, -0.05) is 0 Å². The molecule has 0 N–H and O–H groups in total. The van der Waals surface area contributed by atoms with E-state index in [9.17, 15) is 4.79 Å². The fourth-order valence-electron chi connectivity index (χ4n) is 3.02. The molecule has 1 aliphatic heterocycles. The van der Waals surface area contributed by atoms with E-state index >= 15 is 0 Å². The van der Waals surface area contributed by atoms with E-state index in [0.717, 1.165) is 32.0 Å². The van der Waals surface area contributed by atoms with Crippen LogP contribution >= 0.6 is 11.3 Å². The van der Waals surface area contributed by atoms with Crippen LogP contribution in [0, 0.1) is 0 Å². The van der Waals surface area contributed by atoms with Gasteiger partial charge in [0.15, 0.2) is 0 Å². The fraction of sp³-hybridized carbons (Fsp3) is 0.444. The highest BCUT2D eigenvalue weighted by Crippen LogP contribution is 2.24. The number of nitrogens with zero attached hydrogens (tertiary/aromatic N) is 4. The summed E-state index contributed by atoms with van der Waals surface area (Å²) in [4.78, 5) is 22.8. The highest BCUT2D eigenvalue weighted by Gasteiger charge is 2.23. The van der Waals surface area contributed by atoms with Gasteiger partial charge >= 0.3 is 0 Å². The summed E-state index contributed by atoms with van der Waals surface area (Å²) in [7, 11) is 3.51. The van der Waals surface area contributed by atoms with E-state index in [1.807, 2.05) is 12.1 Å². The molecule has 1 amide bonds. The Morgan fingerprint density at radius 3 is 2.50 bits per heavy atom. The predicted octanol–water partition coefficient (Wildman–Crippen LogP) is 2.73. The number of hydrogen-bond donors (Lipinski definition) is 0. The maximum absolute atomic E-state index is 11.9. The molecule has 1 unspecified atom stereocenters. The van der Waals surface area contributed by atoms with Crippen molar-refractivity contribution in [2.45, 2.75) is 13.0 Å². The number of hydrogen-bond acceptors (Lipinski definition) is 5. The van der Waals surface area contributed by atoms with Crippen molar-refractivity contribution in [3.05, 3.63) is 46.3 Å². The zero-order valence-electron chi connectivity index (χ0n) is 14.5. The Kier molecular flexibility index (Phi) is 5.16. The molecule has 3 heterocycles. The van der Waals surface area contributed by atoms with E-state index in [1.54, 1.807) is 36.5 Å². The lowest BCUT2D eigenvalue weighted by atomic mass is 10.1. The number of thiophene rings is 1. The average molecular weight is 344 g/mol. The first kappa shape index (κ1) is 16.9. The van der Waals surface area contributed by atoms with Crippen molar-refractivity contribution in [3.63, 3.8) is 0 Å². The summed E-state index contributed by atoms with van der Waals surface area (Å²) in [5.41, 5.74) is 2.03. The van der Waals surface area contributed by atoms with E-state index in [2.05, 4.69) is 38.5 Å². The molecule has 128 valence electrons. The standard InChI is InChI=1S/C18H24N4OS/c1-14(16-6-11-24-13-16)21-7-9-22(10-8-21)17-5-4-15(12-19-17)18(23)20(2)3/h4-6,11-14H,7-10H2,1-3H3. The predicted molar refractivity (Wildman–Crippen MR) is 98.8 cm³/mol. The number of anilines is 1. The van der Waals surface area contributed by atoms with Gasteiger partial charge in [0.25, 0.3) is 5.91 Å². The molecule has 3 rings (SSSR count). The third-order valence-corrected chi connectivity index (χ3v) is 5.31. The molecule has 2 aromatic heterocycles. The van der Waals surface area contributed by atoms with Gasteiger partial charge in [0.1, 0.15) is 5.82 Å². The average Bonchev–Trinajstić information content (AvgIpc) is 3.15. The van der Waals surface area contributed by atoms with Gasteiger partial charge in [0, 0.05) is 52.5 Å². The van der Waals surface area contributed by atoms with E-state index in [4.69, 9.17) is 0 Å². The maximum atomic E-state index is 11.9. The molecule has 0 radical (unpaired) electrons. The van der Waals surface area contributed by atoms with Crippen molar-refractivity contribution in [1.82, 2.24) is 14.8 Å². The zero-order chi connectivity index (χ0) is 17.1. The summed E-state index contributed by atoms with van der Waals surface area (Å²) in [6.45, 7) is 6.25. The van der Waals surface area contributed by atoms with Crippen molar-refractivity contribution >= 4 is 23.1 Å². The molecular weight excluding hydrogens is 320 g/mol. The largest absolute Gasteiger partial charge is 0.354 e. The Morgan fingerprint density at radius 1 is 1.21 bits per heavy atom. The summed E-state index contributed by atoms with van der Waals surface area (Å²) in [5.74, 6) is 0.941. The van der Waals surface area contributed by atoms with E-state index in [0.29, 0.717) is 11.6 Å². The number of carbonyl (C=O) groups excluding carboxylic acids is 1. The van der Waals surface area contributed by atoms with Crippen LogP contribution in [0.2, 0.25) is 0 Å². The molecule has 6 heteroatoms. The first-order chi connectivity index (χ1) is 11.6. The molecule has 5 nitrogen and oxygen atoms in total. The first-order valence-electron chi connectivity index (χ1n) is 8.25. The van der Waals surface area contributed by atoms with Crippen LogP contribution in [0.4, 0.5) is 5.82 Å². The third-order valence-electron chi connectivity index (χ3n) is 4.61. The van der Waals surface area contributed by atoms with Crippen LogP contribution in [-0.4, -0.2) is 61.0 Å². The molecule has 1 atom stereocenters. The normalized spacial score (nSPS) is 16.9. The Hall–Kier alpha value is -1.92. The second kappa shape index (κ2) is 7.32. The van der Waals surface area contributed by atoms with E-state index < -0.39 is 0 Å². The smallest absolute Gasteiger partial charge is 0.254 e. The molecule has 0 aromatic carbocycles. The molecular formula is C18H24N4OS. The van der Waals surface area contributed by atoms with Crippen LogP contribution in [0.5, 0.6) is 0 Å². The molecule has 1 saturated heterocycles. The number of amides is 1. The van der Waals surface area contributed by atoms with Crippen molar-refractivity contribution in [1.29, 1.82) is 0 Å². The van der Waals surface area contributed by atoms with Gasteiger partial charge in [-0.05, 0) is 41.4 Å². The molecule has 0 aliphatic carbocycles. The monoisotopic (exact) mass is 344 g/mol. The number of rotatable bonds is 4. The van der Waals surface area contributed by atoms with Crippen LogP contribution in [0.1, 0.15) is 28.9 Å². The van der Waals surface area contributed by atoms with Crippen LogP contribution in [0.3, 0.4) is 0 Å². The molecule has 0 bridgehead atoms. The summed E-state index contributed by atoms with van der Waals surface area (Å²) in [6, 6.07) is 6.50. The Balaban J connectivity index is 1.59. The highest BCUT2D eigenvalue weighted by atomic mass is 32.1.